The van der Waals surface area contributed by atoms with Gasteiger partial charge in [0.05, 0.1) is 11.0 Å². The number of halogens is 1. The Kier molecular flexibility index (Phi) is 7.94. The summed E-state index contributed by atoms with van der Waals surface area (Å²) in [7, 11) is -3.62. The van der Waals surface area contributed by atoms with Gasteiger partial charge in [-0.25, -0.2) is 8.42 Å². The topological polar surface area (TPSA) is 96.0 Å². The number of nitrogens with one attached hydrogen (secondary N) is 1. The van der Waals surface area contributed by atoms with Crippen LogP contribution in [-0.4, -0.2) is 73.9 Å². The number of sulfonamides is 1. The van der Waals surface area contributed by atoms with E-state index >= 15 is 0 Å². The average Bonchev–Trinajstić information content (AvgIpc) is 3.49. The molecule has 1 aromatic carbocycles. The fraction of sp³-hybridized carbons (Fsp3) is 0.652. The van der Waals surface area contributed by atoms with E-state index in [2.05, 4.69) is 5.32 Å². The quantitative estimate of drug-likeness (QED) is 0.565. The Hall–Kier alpha value is -1.68. The van der Waals surface area contributed by atoms with E-state index in [-0.39, 0.29) is 47.7 Å². The van der Waals surface area contributed by atoms with Gasteiger partial charge in [0, 0.05) is 56.2 Å². The molecule has 1 aromatic rings. The van der Waals surface area contributed by atoms with E-state index in [1.807, 2.05) is 0 Å². The fourth-order valence-electron chi connectivity index (χ4n) is 4.62. The Morgan fingerprint density at radius 3 is 2.30 bits per heavy atom. The summed E-state index contributed by atoms with van der Waals surface area (Å²) in [6, 6.07) is 6.20. The Labute approximate surface area is 200 Å². The first-order chi connectivity index (χ1) is 15.8. The van der Waals surface area contributed by atoms with Crippen LogP contribution in [0, 0.1) is 0 Å². The second-order valence-corrected chi connectivity index (χ2v) is 11.4. The summed E-state index contributed by atoms with van der Waals surface area (Å²) < 4.78 is 33.8. The number of hydrogen-bond donors (Lipinski definition) is 1. The van der Waals surface area contributed by atoms with Gasteiger partial charge in [0.25, 0.3) is 0 Å². The minimum atomic E-state index is -3.62. The van der Waals surface area contributed by atoms with E-state index in [1.54, 1.807) is 33.5 Å². The maximum Gasteiger partial charge on any atom is 0.243 e. The van der Waals surface area contributed by atoms with E-state index < -0.39 is 10.0 Å². The molecule has 3 fully saturated rings. The molecular formula is C23H32ClN3O5S. The first-order valence-electron chi connectivity index (χ1n) is 11.8. The molecule has 2 heterocycles. The van der Waals surface area contributed by atoms with Crippen LogP contribution in [0.5, 0.6) is 0 Å². The number of nitrogens with zero attached hydrogens (tertiary/aromatic N) is 2. The minimum Gasteiger partial charge on any atom is -0.376 e. The first-order valence-corrected chi connectivity index (χ1v) is 13.6. The van der Waals surface area contributed by atoms with Crippen LogP contribution in [0.1, 0.15) is 51.4 Å². The van der Waals surface area contributed by atoms with E-state index in [9.17, 15) is 18.0 Å². The van der Waals surface area contributed by atoms with Crippen LogP contribution < -0.4 is 5.32 Å². The molecule has 1 aliphatic carbocycles. The van der Waals surface area contributed by atoms with Crippen LogP contribution in [0.25, 0.3) is 0 Å². The molecule has 0 bridgehead atoms. The molecule has 0 radical (unpaired) electrons. The SMILES string of the molecule is O=C(CCC(=O)N1CCC(N(C2CC2)S(=O)(=O)c2ccc(Cl)cc2)CC1)NC[C@H]1CCCO1. The van der Waals surface area contributed by atoms with E-state index in [0.29, 0.717) is 37.5 Å². The number of likely N-dealkylation sites (tertiary alicyclic amines) is 1. The van der Waals surface area contributed by atoms with Crippen LogP contribution in [0.15, 0.2) is 29.2 Å². The van der Waals surface area contributed by atoms with Crippen LogP contribution >= 0.6 is 11.6 Å². The number of ether oxygens (including phenoxy) is 1. The highest BCUT2D eigenvalue weighted by molar-refractivity contribution is 7.89. The molecule has 2 amide bonds. The number of carbonyl (C=O) groups is 2. The van der Waals surface area contributed by atoms with Gasteiger partial charge in [0.15, 0.2) is 0 Å². The lowest BCUT2D eigenvalue weighted by atomic mass is 10.0. The Bertz CT molecular complexity index is 937. The summed E-state index contributed by atoms with van der Waals surface area (Å²) in [4.78, 5) is 26.7. The van der Waals surface area contributed by atoms with Crippen molar-refractivity contribution < 1.29 is 22.7 Å². The van der Waals surface area contributed by atoms with Crippen molar-refractivity contribution in [2.24, 2.45) is 0 Å². The molecule has 1 N–H and O–H groups in total. The van der Waals surface area contributed by atoms with Crippen LogP contribution in [0.3, 0.4) is 0 Å². The van der Waals surface area contributed by atoms with Crippen molar-refractivity contribution in [1.29, 1.82) is 0 Å². The molecule has 1 atom stereocenters. The van der Waals surface area contributed by atoms with Crippen LogP contribution in [0.4, 0.5) is 0 Å². The molecule has 0 spiro atoms. The molecule has 0 unspecified atom stereocenters. The van der Waals surface area contributed by atoms with Gasteiger partial charge < -0.3 is 15.0 Å². The fourth-order valence-corrected chi connectivity index (χ4v) is 6.67. The summed E-state index contributed by atoms with van der Waals surface area (Å²) in [6.07, 6.45) is 5.32. The first kappa shape index (κ1) is 24.4. The monoisotopic (exact) mass is 497 g/mol. The van der Waals surface area contributed by atoms with Gasteiger partial charge in [0.2, 0.25) is 21.8 Å². The highest BCUT2D eigenvalue weighted by Gasteiger charge is 2.43. The number of amides is 2. The number of carbonyl (C=O) groups excluding carboxylic acids is 2. The van der Waals surface area contributed by atoms with Crippen molar-refractivity contribution in [3.8, 4) is 0 Å². The zero-order valence-corrected chi connectivity index (χ0v) is 20.3. The molecule has 2 saturated heterocycles. The Balaban J connectivity index is 1.26. The molecule has 10 heteroatoms. The molecule has 2 aliphatic heterocycles. The van der Waals surface area contributed by atoms with Crippen molar-refractivity contribution in [1.82, 2.24) is 14.5 Å². The smallest absolute Gasteiger partial charge is 0.243 e. The lowest BCUT2D eigenvalue weighted by Gasteiger charge is -2.38. The molecule has 33 heavy (non-hydrogen) atoms. The highest BCUT2D eigenvalue weighted by Crippen LogP contribution is 2.37. The molecule has 3 aliphatic rings. The molecule has 0 aromatic heterocycles. The largest absolute Gasteiger partial charge is 0.376 e. The lowest BCUT2D eigenvalue weighted by molar-refractivity contribution is -0.134. The number of hydrogen-bond acceptors (Lipinski definition) is 5. The van der Waals surface area contributed by atoms with Crippen molar-refractivity contribution in [2.75, 3.05) is 26.2 Å². The predicted molar refractivity (Wildman–Crippen MR) is 124 cm³/mol. The number of rotatable bonds is 9. The van der Waals surface area contributed by atoms with Gasteiger partial charge in [-0.2, -0.15) is 4.31 Å². The number of piperidine rings is 1. The maximum atomic E-state index is 13.3. The van der Waals surface area contributed by atoms with Crippen molar-refractivity contribution >= 4 is 33.4 Å². The molecule has 182 valence electrons. The standard InChI is InChI=1S/C23H32ClN3O5S/c24-17-3-7-21(8-4-17)33(30,31)27(18-5-6-18)19-11-13-26(14-12-19)23(29)10-9-22(28)25-16-20-2-1-15-32-20/h3-4,7-8,18-20H,1-2,5-6,9-16H2,(H,25,28)/t20-/m1/s1. The zero-order chi connectivity index (χ0) is 23.4. The summed E-state index contributed by atoms with van der Waals surface area (Å²) >= 11 is 5.93. The van der Waals surface area contributed by atoms with Crippen molar-refractivity contribution in [2.45, 2.75) is 74.4 Å². The zero-order valence-electron chi connectivity index (χ0n) is 18.7. The van der Waals surface area contributed by atoms with Gasteiger partial charge in [-0.1, -0.05) is 11.6 Å². The Morgan fingerprint density at radius 2 is 1.70 bits per heavy atom. The second-order valence-electron chi connectivity index (χ2n) is 9.07. The Morgan fingerprint density at radius 1 is 1.03 bits per heavy atom. The third-order valence-electron chi connectivity index (χ3n) is 6.59. The van der Waals surface area contributed by atoms with Gasteiger partial charge in [-0.3, -0.25) is 9.59 Å². The number of benzene rings is 1. The van der Waals surface area contributed by atoms with Gasteiger partial charge in [0.1, 0.15) is 0 Å². The minimum absolute atomic E-state index is 0.0328. The highest BCUT2D eigenvalue weighted by atomic mass is 35.5. The average molecular weight is 498 g/mol. The normalized spacial score (nSPS) is 22.0. The molecule has 1 saturated carbocycles. The summed E-state index contributed by atoms with van der Waals surface area (Å²) in [5, 5.41) is 3.34. The van der Waals surface area contributed by atoms with Gasteiger partial charge in [-0.05, 0) is 62.8 Å². The second kappa shape index (κ2) is 10.7. The van der Waals surface area contributed by atoms with E-state index in [1.165, 1.54) is 0 Å². The third kappa shape index (κ3) is 6.26. The summed E-state index contributed by atoms with van der Waals surface area (Å²) in [5.41, 5.74) is 0. The molecular weight excluding hydrogens is 466 g/mol. The van der Waals surface area contributed by atoms with Gasteiger partial charge >= 0.3 is 0 Å². The third-order valence-corrected chi connectivity index (χ3v) is 8.86. The van der Waals surface area contributed by atoms with Crippen LogP contribution in [0.2, 0.25) is 5.02 Å². The van der Waals surface area contributed by atoms with Gasteiger partial charge in [-0.15, -0.1) is 0 Å². The lowest BCUT2D eigenvalue weighted by Crippen LogP contribution is -2.49. The van der Waals surface area contributed by atoms with E-state index in [0.717, 1.165) is 32.3 Å². The summed E-state index contributed by atoms with van der Waals surface area (Å²) in [6.45, 7) is 2.24. The maximum absolute atomic E-state index is 13.3. The molecule has 8 nitrogen and oxygen atoms in total. The summed E-state index contributed by atoms with van der Waals surface area (Å²) in [5.74, 6) is -0.193. The van der Waals surface area contributed by atoms with Crippen LogP contribution in [-0.2, 0) is 24.3 Å². The van der Waals surface area contributed by atoms with Crippen molar-refractivity contribution in [3.05, 3.63) is 29.3 Å². The van der Waals surface area contributed by atoms with Crippen molar-refractivity contribution in [3.63, 3.8) is 0 Å². The molecule has 4 rings (SSSR count). The van der Waals surface area contributed by atoms with E-state index in [4.69, 9.17) is 16.3 Å². The predicted octanol–water partition coefficient (Wildman–Crippen LogP) is 2.56.